The number of nitrogens with one attached hydrogen (secondary N) is 1. The van der Waals surface area contributed by atoms with Crippen LogP contribution >= 0.6 is 0 Å². The largest absolute Gasteiger partial charge is 0.379 e. The van der Waals surface area contributed by atoms with Gasteiger partial charge in [0, 0.05) is 43.2 Å². The Morgan fingerprint density at radius 3 is 2.47 bits per heavy atom. The molecule has 3 aromatic rings. The SMILES string of the molecule is NC(=O)c1cc(-c2ccccc2)cc2c(C3CCN(S(=O)(=O)CCCN4CCOCC4)CC3)[nH]nc12. The van der Waals surface area contributed by atoms with Crippen LogP contribution < -0.4 is 5.73 Å². The van der Waals surface area contributed by atoms with Crippen molar-refractivity contribution >= 4 is 26.8 Å². The number of nitrogens with zero attached hydrogens (tertiary/aromatic N) is 3. The fourth-order valence-electron chi connectivity index (χ4n) is 5.28. The van der Waals surface area contributed by atoms with Gasteiger partial charge in [-0.2, -0.15) is 5.10 Å². The number of aromatic amines is 1. The summed E-state index contributed by atoms with van der Waals surface area (Å²) >= 11 is 0. The number of benzene rings is 2. The lowest BCUT2D eigenvalue weighted by atomic mass is 9.90. The van der Waals surface area contributed by atoms with Gasteiger partial charge in [0.1, 0.15) is 5.52 Å². The second-order valence-electron chi connectivity index (χ2n) is 9.58. The molecule has 9 nitrogen and oxygen atoms in total. The van der Waals surface area contributed by atoms with E-state index in [9.17, 15) is 13.2 Å². The van der Waals surface area contributed by atoms with E-state index in [-0.39, 0.29) is 11.7 Å². The van der Waals surface area contributed by atoms with Crippen LogP contribution in [-0.2, 0) is 14.8 Å². The normalized spacial score (nSPS) is 18.6. The van der Waals surface area contributed by atoms with E-state index in [4.69, 9.17) is 10.5 Å². The lowest BCUT2D eigenvalue weighted by Gasteiger charge is -2.31. The smallest absolute Gasteiger partial charge is 0.251 e. The third-order valence-corrected chi connectivity index (χ3v) is 9.25. The molecule has 3 heterocycles. The third-order valence-electron chi connectivity index (χ3n) is 7.30. The number of hydrogen-bond donors (Lipinski definition) is 2. The molecular formula is C26H33N5O4S. The van der Waals surface area contributed by atoms with E-state index in [0.717, 1.165) is 55.1 Å². The predicted molar refractivity (Wildman–Crippen MR) is 139 cm³/mol. The molecule has 2 aromatic carbocycles. The molecule has 0 bridgehead atoms. The maximum Gasteiger partial charge on any atom is 0.251 e. The molecule has 0 aliphatic carbocycles. The Bertz CT molecular complexity index is 1310. The summed E-state index contributed by atoms with van der Waals surface area (Å²) in [5, 5.41) is 8.44. The fraction of sp³-hybridized carbons (Fsp3) is 0.462. The van der Waals surface area contributed by atoms with Crippen molar-refractivity contribution in [3.63, 3.8) is 0 Å². The van der Waals surface area contributed by atoms with Crippen LogP contribution in [0.1, 0.15) is 41.2 Å². The number of sulfonamides is 1. The van der Waals surface area contributed by atoms with Crippen molar-refractivity contribution < 1.29 is 17.9 Å². The van der Waals surface area contributed by atoms with Gasteiger partial charge in [-0.15, -0.1) is 0 Å². The average Bonchev–Trinajstić information content (AvgIpc) is 3.33. The molecule has 36 heavy (non-hydrogen) atoms. The molecule has 0 atom stereocenters. The number of rotatable bonds is 8. The first-order valence-electron chi connectivity index (χ1n) is 12.6. The van der Waals surface area contributed by atoms with Crippen LogP contribution in [0, 0.1) is 0 Å². The molecule has 5 rings (SSSR count). The van der Waals surface area contributed by atoms with E-state index in [1.807, 2.05) is 36.4 Å². The van der Waals surface area contributed by atoms with Gasteiger partial charge in [-0.3, -0.25) is 14.8 Å². The molecule has 2 fully saturated rings. The summed E-state index contributed by atoms with van der Waals surface area (Å²) < 4.78 is 32.9. The van der Waals surface area contributed by atoms with E-state index < -0.39 is 15.9 Å². The summed E-state index contributed by atoms with van der Waals surface area (Å²) in [7, 11) is -3.29. The third kappa shape index (κ3) is 5.31. The van der Waals surface area contributed by atoms with Crippen molar-refractivity contribution in [3.05, 3.63) is 53.7 Å². The molecule has 0 unspecified atom stereocenters. The monoisotopic (exact) mass is 511 g/mol. The highest BCUT2D eigenvalue weighted by molar-refractivity contribution is 7.89. The zero-order chi connectivity index (χ0) is 25.1. The summed E-state index contributed by atoms with van der Waals surface area (Å²) in [6.07, 6.45) is 2.02. The molecule has 192 valence electrons. The first-order valence-corrected chi connectivity index (χ1v) is 14.2. The van der Waals surface area contributed by atoms with Crippen LogP contribution in [0.4, 0.5) is 0 Å². The van der Waals surface area contributed by atoms with Crippen LogP contribution in [0.15, 0.2) is 42.5 Å². The topological polar surface area (TPSA) is 122 Å². The Morgan fingerprint density at radius 1 is 1.06 bits per heavy atom. The Balaban J connectivity index is 1.29. The number of nitrogens with two attached hydrogens (primary N) is 1. The van der Waals surface area contributed by atoms with Crippen LogP contribution in [0.3, 0.4) is 0 Å². The highest BCUT2D eigenvalue weighted by Crippen LogP contribution is 2.35. The highest BCUT2D eigenvalue weighted by Gasteiger charge is 2.30. The first-order chi connectivity index (χ1) is 17.4. The van der Waals surface area contributed by atoms with E-state index in [2.05, 4.69) is 15.1 Å². The van der Waals surface area contributed by atoms with Gasteiger partial charge in [-0.1, -0.05) is 30.3 Å². The fourth-order valence-corrected chi connectivity index (χ4v) is 6.80. The van der Waals surface area contributed by atoms with Crippen molar-refractivity contribution in [2.45, 2.75) is 25.2 Å². The van der Waals surface area contributed by atoms with Gasteiger partial charge in [-0.25, -0.2) is 12.7 Å². The number of H-pyrrole nitrogens is 1. The molecule has 2 aliphatic rings. The number of carbonyl (C=O) groups is 1. The second-order valence-corrected chi connectivity index (χ2v) is 11.7. The number of ether oxygens (including phenoxy) is 1. The van der Waals surface area contributed by atoms with Gasteiger partial charge < -0.3 is 10.5 Å². The molecule has 1 aromatic heterocycles. The highest BCUT2D eigenvalue weighted by atomic mass is 32.2. The van der Waals surface area contributed by atoms with Gasteiger partial charge in [0.2, 0.25) is 10.0 Å². The lowest BCUT2D eigenvalue weighted by Crippen LogP contribution is -2.41. The minimum absolute atomic E-state index is 0.126. The summed E-state index contributed by atoms with van der Waals surface area (Å²) in [6.45, 7) is 4.91. The van der Waals surface area contributed by atoms with Gasteiger partial charge in [-0.05, 0) is 49.1 Å². The van der Waals surface area contributed by atoms with Gasteiger partial charge >= 0.3 is 0 Å². The average molecular weight is 512 g/mol. The molecule has 2 saturated heterocycles. The van der Waals surface area contributed by atoms with Crippen molar-refractivity contribution in [2.24, 2.45) is 5.73 Å². The van der Waals surface area contributed by atoms with Crippen molar-refractivity contribution in [1.29, 1.82) is 0 Å². The minimum Gasteiger partial charge on any atom is -0.379 e. The predicted octanol–water partition coefficient (Wildman–Crippen LogP) is 2.56. The number of carbonyl (C=O) groups excluding carboxylic acids is 1. The Kier molecular flexibility index (Phi) is 7.38. The maximum atomic E-state index is 13.0. The van der Waals surface area contributed by atoms with E-state index in [1.165, 1.54) is 0 Å². The Morgan fingerprint density at radius 2 is 1.78 bits per heavy atom. The number of morpholine rings is 1. The van der Waals surface area contributed by atoms with E-state index in [0.29, 0.717) is 43.4 Å². The van der Waals surface area contributed by atoms with Gasteiger partial charge in [0.05, 0.1) is 24.5 Å². The molecule has 2 aliphatic heterocycles. The number of fused-ring (bicyclic) bond motifs is 1. The molecule has 3 N–H and O–H groups in total. The van der Waals surface area contributed by atoms with Crippen LogP contribution in [0.5, 0.6) is 0 Å². The van der Waals surface area contributed by atoms with Crippen LogP contribution in [0.25, 0.3) is 22.0 Å². The molecule has 0 saturated carbocycles. The van der Waals surface area contributed by atoms with Crippen molar-refractivity contribution in [2.75, 3.05) is 51.7 Å². The summed E-state index contributed by atoms with van der Waals surface area (Å²) in [4.78, 5) is 14.5. The summed E-state index contributed by atoms with van der Waals surface area (Å²) in [5.41, 5.74) is 9.48. The quantitative estimate of drug-likeness (QED) is 0.479. The number of piperidine rings is 1. The molecule has 0 spiro atoms. The first kappa shape index (κ1) is 24.9. The van der Waals surface area contributed by atoms with Crippen molar-refractivity contribution in [1.82, 2.24) is 19.4 Å². The Labute approximate surface area is 211 Å². The maximum absolute atomic E-state index is 13.0. The lowest BCUT2D eigenvalue weighted by molar-refractivity contribution is 0.0380. The van der Waals surface area contributed by atoms with Crippen LogP contribution in [-0.4, -0.2) is 85.4 Å². The van der Waals surface area contributed by atoms with E-state index in [1.54, 1.807) is 10.4 Å². The van der Waals surface area contributed by atoms with Crippen LogP contribution in [0.2, 0.25) is 0 Å². The molecule has 1 amide bonds. The number of aromatic nitrogens is 2. The van der Waals surface area contributed by atoms with Gasteiger partial charge in [0.15, 0.2) is 0 Å². The number of hydrogen-bond acceptors (Lipinski definition) is 6. The molecule has 10 heteroatoms. The standard InChI is InChI=1S/C26H33N5O4S/c27-26(32)23-18-21(19-5-2-1-3-6-19)17-22-24(28-29-25(22)23)20-7-10-31(11-8-20)36(33,34)16-4-9-30-12-14-35-15-13-30/h1-3,5-6,17-18,20H,4,7-16H2,(H2,27,32)(H,28,29). The van der Waals surface area contributed by atoms with Crippen molar-refractivity contribution in [3.8, 4) is 11.1 Å². The molecular weight excluding hydrogens is 478 g/mol. The van der Waals surface area contributed by atoms with Gasteiger partial charge in [0.25, 0.3) is 5.91 Å². The zero-order valence-corrected chi connectivity index (χ0v) is 21.2. The zero-order valence-electron chi connectivity index (χ0n) is 20.4. The van der Waals surface area contributed by atoms with E-state index >= 15 is 0 Å². The number of amides is 1. The summed E-state index contributed by atoms with van der Waals surface area (Å²) in [6, 6.07) is 13.7. The number of primary amides is 1. The molecule has 0 radical (unpaired) electrons. The summed E-state index contributed by atoms with van der Waals surface area (Å²) in [5.74, 6) is -0.222. The Hall–Kier alpha value is -2.79. The minimum atomic E-state index is -3.29. The second kappa shape index (κ2) is 10.7.